The number of aromatic nitrogens is 1. The van der Waals surface area contributed by atoms with E-state index in [0.717, 1.165) is 12.0 Å². The summed E-state index contributed by atoms with van der Waals surface area (Å²) in [6.45, 7) is 7.12. The molecule has 51 heavy (non-hydrogen) atoms. The Bertz CT molecular complexity index is 2600. The summed E-state index contributed by atoms with van der Waals surface area (Å²) in [6.07, 6.45) is 16.5. The molecule has 0 N–H and O–H groups in total. The van der Waals surface area contributed by atoms with Gasteiger partial charge >= 0.3 is 0 Å². The third-order valence-corrected chi connectivity index (χ3v) is 11.7. The van der Waals surface area contributed by atoms with Gasteiger partial charge in [-0.1, -0.05) is 136 Å². The predicted molar refractivity (Wildman–Crippen MR) is 215 cm³/mol. The Balaban J connectivity index is 1.19. The van der Waals surface area contributed by atoms with Crippen molar-refractivity contribution in [2.45, 2.75) is 39.2 Å². The highest BCUT2D eigenvalue weighted by Crippen LogP contribution is 2.49. The van der Waals surface area contributed by atoms with Crippen LogP contribution in [0.4, 0.5) is 11.4 Å². The molecule has 0 fully saturated rings. The topological polar surface area (TPSA) is 16.1 Å². The van der Waals surface area contributed by atoms with E-state index in [1.807, 2.05) is 18.5 Å². The lowest BCUT2D eigenvalue weighted by molar-refractivity contribution is 0.306. The standard InChI is InChI=1S/C49H40N2/c1-49(2,3)37-26-34-21-23-41-43(32-19-17-31(18-20-32)36-11-9-25-50-30-36)29-44(42-24-22-35(27-37)47(34)48(41)42)33-10-8-12-38(28-33)51-45-15-6-4-13-39(45)40-14-5-7-16-46(40)51/h4-26,28-30,37,39,45H,27H2,1-3H3. The molecule has 0 radical (unpaired) electrons. The normalized spacial score (nSPS) is 19.0. The molecule has 0 amide bonds. The molecule has 3 atom stereocenters. The van der Waals surface area contributed by atoms with Crippen LogP contribution in [-0.4, -0.2) is 11.0 Å². The van der Waals surface area contributed by atoms with Crippen molar-refractivity contribution in [2.75, 3.05) is 4.90 Å². The summed E-state index contributed by atoms with van der Waals surface area (Å²) in [5.41, 5.74) is 12.9. The molecular weight excluding hydrogens is 617 g/mol. The molecule has 0 spiro atoms. The Labute approximate surface area is 300 Å². The van der Waals surface area contributed by atoms with E-state index in [4.69, 9.17) is 0 Å². The number of hydrogen-bond donors (Lipinski definition) is 0. The van der Waals surface area contributed by atoms with Crippen LogP contribution < -0.4 is 10.1 Å². The summed E-state index contributed by atoms with van der Waals surface area (Å²) < 4.78 is 0. The van der Waals surface area contributed by atoms with E-state index in [2.05, 4.69) is 170 Å². The van der Waals surface area contributed by atoms with Crippen molar-refractivity contribution in [1.29, 1.82) is 0 Å². The van der Waals surface area contributed by atoms with Crippen molar-refractivity contribution >= 4 is 39.0 Å². The molecule has 6 aromatic carbocycles. The first-order chi connectivity index (χ1) is 24.9. The minimum Gasteiger partial charge on any atom is -0.333 e. The molecule has 3 aliphatic rings. The van der Waals surface area contributed by atoms with Crippen LogP contribution >= 0.6 is 0 Å². The number of hydrogen-bond acceptors (Lipinski definition) is 2. The summed E-state index contributed by atoms with van der Waals surface area (Å²) in [5.74, 6) is 0.855. The van der Waals surface area contributed by atoms with Gasteiger partial charge < -0.3 is 4.90 Å². The van der Waals surface area contributed by atoms with Crippen molar-refractivity contribution in [2.24, 2.45) is 11.3 Å². The number of nitrogens with zero attached hydrogens (tertiary/aromatic N) is 2. The van der Waals surface area contributed by atoms with Crippen molar-refractivity contribution < 1.29 is 0 Å². The van der Waals surface area contributed by atoms with Gasteiger partial charge in [0.25, 0.3) is 0 Å². The van der Waals surface area contributed by atoms with Gasteiger partial charge in [0.15, 0.2) is 0 Å². The molecule has 3 unspecified atom stereocenters. The smallest absolute Gasteiger partial charge is 0.0629 e. The largest absolute Gasteiger partial charge is 0.333 e. The number of benzene rings is 6. The first-order valence-electron chi connectivity index (χ1n) is 18.3. The van der Waals surface area contributed by atoms with Crippen molar-refractivity contribution in [3.8, 4) is 33.4 Å². The molecule has 0 bridgehead atoms. The Kier molecular flexibility index (Phi) is 6.73. The Morgan fingerprint density at radius 3 is 2.24 bits per heavy atom. The van der Waals surface area contributed by atoms with Gasteiger partial charge in [-0.2, -0.15) is 0 Å². The molecule has 7 aromatic rings. The summed E-state index contributed by atoms with van der Waals surface area (Å²) in [4.78, 5) is 6.90. The van der Waals surface area contributed by atoms with Gasteiger partial charge in [0.1, 0.15) is 0 Å². The Morgan fingerprint density at radius 2 is 1.41 bits per heavy atom. The van der Waals surface area contributed by atoms with Crippen molar-refractivity contribution in [1.82, 2.24) is 4.98 Å². The van der Waals surface area contributed by atoms with E-state index in [1.54, 1.807) is 0 Å². The fourth-order valence-corrected chi connectivity index (χ4v) is 8.99. The van der Waals surface area contributed by atoms with Crippen LogP contribution in [0.2, 0.25) is 0 Å². The lowest BCUT2D eigenvalue weighted by Crippen LogP contribution is -2.28. The molecule has 2 heteroatoms. The Morgan fingerprint density at radius 1 is 0.647 bits per heavy atom. The average Bonchev–Trinajstić information content (AvgIpc) is 3.51. The second kappa shape index (κ2) is 11.4. The van der Waals surface area contributed by atoms with Gasteiger partial charge in [-0.25, -0.2) is 0 Å². The first kappa shape index (κ1) is 30.1. The highest BCUT2D eigenvalue weighted by atomic mass is 15.2. The fourth-order valence-electron chi connectivity index (χ4n) is 8.99. The number of pyridine rings is 1. The zero-order valence-corrected chi connectivity index (χ0v) is 29.3. The molecule has 0 saturated carbocycles. The molecule has 0 saturated heterocycles. The zero-order chi connectivity index (χ0) is 34.3. The van der Waals surface area contributed by atoms with E-state index in [9.17, 15) is 0 Å². The zero-order valence-electron chi connectivity index (χ0n) is 29.3. The highest BCUT2D eigenvalue weighted by Gasteiger charge is 2.37. The third-order valence-electron chi connectivity index (χ3n) is 11.7. The number of para-hydroxylation sites is 1. The SMILES string of the molecule is CC(C)(C)C1C=c2ccc3c(-c4ccc(-c5cccnc5)cc4)cc(-c4cccc(N5c6ccccc6C6C=CC=CC65)c4)c4ccc(c2c34)C1. The number of anilines is 2. The molecule has 10 rings (SSSR count). The van der Waals surface area contributed by atoms with Crippen molar-refractivity contribution in [3.63, 3.8) is 0 Å². The quantitative estimate of drug-likeness (QED) is 0.187. The molecule has 2 aliphatic carbocycles. The summed E-state index contributed by atoms with van der Waals surface area (Å²) in [7, 11) is 0. The lowest BCUT2D eigenvalue weighted by atomic mass is 9.73. The lowest BCUT2D eigenvalue weighted by Gasteiger charge is -2.32. The molecular formula is C49H40N2. The maximum atomic E-state index is 4.36. The van der Waals surface area contributed by atoms with E-state index in [-0.39, 0.29) is 11.5 Å². The van der Waals surface area contributed by atoms with Gasteiger partial charge in [-0.15, -0.1) is 0 Å². The van der Waals surface area contributed by atoms with E-state index in [1.165, 1.54) is 77.1 Å². The molecule has 1 aliphatic heterocycles. The maximum Gasteiger partial charge on any atom is 0.0629 e. The van der Waals surface area contributed by atoms with Gasteiger partial charge in [0, 0.05) is 29.7 Å². The van der Waals surface area contributed by atoms with E-state index in [0.29, 0.717) is 11.8 Å². The van der Waals surface area contributed by atoms with Gasteiger partial charge in [-0.3, -0.25) is 4.98 Å². The van der Waals surface area contributed by atoms with Crippen LogP contribution in [0.1, 0.15) is 37.8 Å². The highest BCUT2D eigenvalue weighted by molar-refractivity contribution is 6.21. The molecule has 2 heterocycles. The monoisotopic (exact) mass is 656 g/mol. The minimum absolute atomic E-state index is 0.202. The molecule has 2 nitrogen and oxygen atoms in total. The number of allylic oxidation sites excluding steroid dienone is 2. The summed E-state index contributed by atoms with van der Waals surface area (Å²) >= 11 is 0. The number of rotatable bonds is 4. The Hall–Kier alpha value is -5.73. The maximum absolute atomic E-state index is 4.36. The van der Waals surface area contributed by atoms with Gasteiger partial charge in [-0.05, 0) is 119 Å². The van der Waals surface area contributed by atoms with E-state index < -0.39 is 0 Å². The van der Waals surface area contributed by atoms with Crippen LogP contribution in [0.5, 0.6) is 0 Å². The number of fused-ring (bicyclic) bond motifs is 3. The molecule has 1 aromatic heterocycles. The minimum atomic E-state index is 0.202. The predicted octanol–water partition coefficient (Wildman–Crippen LogP) is 11.8. The van der Waals surface area contributed by atoms with Crippen molar-refractivity contribution in [3.05, 3.63) is 168 Å². The van der Waals surface area contributed by atoms with Crippen LogP contribution in [0.15, 0.2) is 152 Å². The van der Waals surface area contributed by atoms with Gasteiger partial charge in [0.2, 0.25) is 0 Å². The average molecular weight is 657 g/mol. The third kappa shape index (κ3) is 4.81. The second-order valence-electron chi connectivity index (χ2n) is 15.6. The van der Waals surface area contributed by atoms with Crippen LogP contribution in [0.3, 0.4) is 0 Å². The second-order valence-corrected chi connectivity index (χ2v) is 15.6. The fraction of sp³-hybridized carbons (Fsp3) is 0.163. The van der Waals surface area contributed by atoms with Crippen LogP contribution in [0.25, 0.3) is 61.0 Å². The summed E-state index contributed by atoms with van der Waals surface area (Å²) in [6, 6.07) is 43.6. The summed E-state index contributed by atoms with van der Waals surface area (Å²) in [5, 5.41) is 6.82. The first-order valence-corrected chi connectivity index (χ1v) is 18.3. The van der Waals surface area contributed by atoms with Gasteiger partial charge in [0.05, 0.1) is 6.04 Å². The van der Waals surface area contributed by atoms with Crippen LogP contribution in [-0.2, 0) is 6.42 Å². The van der Waals surface area contributed by atoms with E-state index >= 15 is 0 Å². The molecule has 246 valence electrons. The van der Waals surface area contributed by atoms with Crippen LogP contribution in [0, 0.1) is 11.3 Å².